The Morgan fingerprint density at radius 1 is 1.27 bits per heavy atom. The first kappa shape index (κ1) is 9.68. The van der Waals surface area contributed by atoms with Crippen LogP contribution in [0.1, 0.15) is 5.56 Å². The highest BCUT2D eigenvalue weighted by Gasteiger charge is 1.96. The molecule has 0 spiro atoms. The quantitative estimate of drug-likeness (QED) is 0.819. The molecule has 0 bridgehead atoms. The predicted molar refractivity (Wildman–Crippen MR) is 61.7 cm³/mol. The number of hydrogen-bond acceptors (Lipinski definition) is 2. The highest BCUT2D eigenvalue weighted by molar-refractivity contribution is 5.48. The highest BCUT2D eigenvalue weighted by atomic mass is 15.3. The number of aromatic nitrogens is 2. The lowest BCUT2D eigenvalue weighted by Gasteiger charge is -1.98. The van der Waals surface area contributed by atoms with Gasteiger partial charge in [0.1, 0.15) is 0 Å². The number of benzene rings is 1. The van der Waals surface area contributed by atoms with E-state index >= 15 is 0 Å². The first-order chi connectivity index (χ1) is 7.40. The number of rotatable bonds is 3. The van der Waals surface area contributed by atoms with Crippen LogP contribution in [0.5, 0.6) is 0 Å². The minimum Gasteiger partial charge on any atom is -0.327 e. The Morgan fingerprint density at radius 3 is 2.80 bits per heavy atom. The van der Waals surface area contributed by atoms with Crippen LogP contribution in [0.25, 0.3) is 11.8 Å². The highest BCUT2D eigenvalue weighted by Crippen LogP contribution is 2.08. The summed E-state index contributed by atoms with van der Waals surface area (Å²) in [5.74, 6) is 0. The topological polar surface area (TPSA) is 43.8 Å². The zero-order chi connectivity index (χ0) is 10.5. The number of nitrogens with two attached hydrogens (primary N) is 1. The minimum atomic E-state index is 0.552. The SMILES string of the molecule is NCC=Cc1cnn(-c2ccccc2)c1. The van der Waals surface area contributed by atoms with Crippen LogP contribution in [0.2, 0.25) is 0 Å². The maximum Gasteiger partial charge on any atom is 0.0645 e. The van der Waals surface area contributed by atoms with Crippen molar-refractivity contribution in [2.45, 2.75) is 0 Å². The molecule has 2 N–H and O–H groups in total. The molecule has 0 saturated carbocycles. The summed E-state index contributed by atoms with van der Waals surface area (Å²) in [7, 11) is 0. The van der Waals surface area contributed by atoms with Gasteiger partial charge < -0.3 is 5.73 Å². The first-order valence-corrected chi connectivity index (χ1v) is 4.87. The monoisotopic (exact) mass is 199 g/mol. The molecule has 0 fully saturated rings. The van der Waals surface area contributed by atoms with Gasteiger partial charge in [0.15, 0.2) is 0 Å². The van der Waals surface area contributed by atoms with E-state index in [-0.39, 0.29) is 0 Å². The molecular formula is C12H13N3. The Bertz CT molecular complexity index is 443. The largest absolute Gasteiger partial charge is 0.327 e. The van der Waals surface area contributed by atoms with Gasteiger partial charge in [-0.2, -0.15) is 5.10 Å². The van der Waals surface area contributed by atoms with Crippen molar-refractivity contribution in [1.82, 2.24) is 9.78 Å². The van der Waals surface area contributed by atoms with Gasteiger partial charge in [0.25, 0.3) is 0 Å². The van der Waals surface area contributed by atoms with Gasteiger partial charge in [0.2, 0.25) is 0 Å². The molecule has 2 rings (SSSR count). The summed E-state index contributed by atoms with van der Waals surface area (Å²) in [6.07, 6.45) is 7.67. The molecule has 76 valence electrons. The van der Waals surface area contributed by atoms with Crippen molar-refractivity contribution in [3.63, 3.8) is 0 Å². The average molecular weight is 199 g/mol. The minimum absolute atomic E-state index is 0.552. The first-order valence-electron chi connectivity index (χ1n) is 4.87. The van der Waals surface area contributed by atoms with E-state index in [1.54, 1.807) is 0 Å². The van der Waals surface area contributed by atoms with Gasteiger partial charge in [-0.1, -0.05) is 30.4 Å². The lowest BCUT2D eigenvalue weighted by atomic mass is 10.3. The molecule has 0 saturated heterocycles. The summed E-state index contributed by atoms with van der Waals surface area (Å²) in [6, 6.07) is 10.0. The Morgan fingerprint density at radius 2 is 2.07 bits per heavy atom. The van der Waals surface area contributed by atoms with Gasteiger partial charge in [0.05, 0.1) is 11.9 Å². The second kappa shape index (κ2) is 4.57. The van der Waals surface area contributed by atoms with Gasteiger partial charge in [0, 0.05) is 18.3 Å². The Labute approximate surface area is 88.8 Å². The molecule has 0 atom stereocenters. The van der Waals surface area contributed by atoms with Crippen molar-refractivity contribution in [2.75, 3.05) is 6.54 Å². The van der Waals surface area contributed by atoms with Crippen molar-refractivity contribution in [1.29, 1.82) is 0 Å². The van der Waals surface area contributed by atoms with E-state index in [1.807, 2.05) is 59.6 Å². The van der Waals surface area contributed by atoms with Crippen LogP contribution < -0.4 is 5.73 Å². The molecule has 1 heterocycles. The van der Waals surface area contributed by atoms with Crippen molar-refractivity contribution >= 4 is 6.08 Å². The fraction of sp³-hybridized carbons (Fsp3) is 0.0833. The molecule has 0 amide bonds. The maximum atomic E-state index is 5.38. The van der Waals surface area contributed by atoms with Crippen molar-refractivity contribution in [2.24, 2.45) is 5.73 Å². The van der Waals surface area contributed by atoms with Gasteiger partial charge in [-0.05, 0) is 12.1 Å². The van der Waals surface area contributed by atoms with Crippen LogP contribution >= 0.6 is 0 Å². The fourth-order valence-electron chi connectivity index (χ4n) is 1.35. The summed E-state index contributed by atoms with van der Waals surface area (Å²) in [4.78, 5) is 0. The fourth-order valence-corrected chi connectivity index (χ4v) is 1.35. The molecule has 0 aliphatic heterocycles. The third kappa shape index (κ3) is 2.33. The van der Waals surface area contributed by atoms with Gasteiger partial charge in [-0.25, -0.2) is 4.68 Å². The standard InChI is InChI=1S/C12H13N3/c13-8-4-5-11-9-14-15(10-11)12-6-2-1-3-7-12/h1-7,9-10H,8,13H2. The maximum absolute atomic E-state index is 5.38. The van der Waals surface area contributed by atoms with Crippen LogP contribution in [0.15, 0.2) is 48.8 Å². The summed E-state index contributed by atoms with van der Waals surface area (Å²) in [5, 5.41) is 4.26. The van der Waals surface area contributed by atoms with Crippen molar-refractivity contribution < 1.29 is 0 Å². The van der Waals surface area contributed by atoms with E-state index in [9.17, 15) is 0 Å². The third-order valence-electron chi connectivity index (χ3n) is 2.07. The Kier molecular flexibility index (Phi) is 2.95. The number of nitrogens with zero attached hydrogens (tertiary/aromatic N) is 2. The summed E-state index contributed by atoms with van der Waals surface area (Å²) in [6.45, 7) is 0.552. The normalized spacial score (nSPS) is 11.0. The predicted octanol–water partition coefficient (Wildman–Crippen LogP) is 1.84. The second-order valence-corrected chi connectivity index (χ2v) is 3.19. The molecule has 2 aromatic rings. The number of hydrogen-bond donors (Lipinski definition) is 1. The third-order valence-corrected chi connectivity index (χ3v) is 2.07. The van der Waals surface area contributed by atoms with E-state index in [1.165, 1.54) is 0 Å². The molecule has 0 aliphatic rings. The Balaban J connectivity index is 2.24. The van der Waals surface area contributed by atoms with E-state index < -0.39 is 0 Å². The average Bonchev–Trinajstić information content (AvgIpc) is 2.76. The Hall–Kier alpha value is -1.87. The van der Waals surface area contributed by atoms with Crippen LogP contribution in [0.3, 0.4) is 0 Å². The molecule has 0 radical (unpaired) electrons. The van der Waals surface area contributed by atoms with Crippen LogP contribution in [-0.2, 0) is 0 Å². The van der Waals surface area contributed by atoms with Gasteiger partial charge >= 0.3 is 0 Å². The summed E-state index contributed by atoms with van der Waals surface area (Å²) < 4.78 is 1.84. The van der Waals surface area contributed by atoms with Crippen LogP contribution in [0.4, 0.5) is 0 Å². The molecule has 1 aromatic carbocycles. The summed E-state index contributed by atoms with van der Waals surface area (Å²) >= 11 is 0. The second-order valence-electron chi connectivity index (χ2n) is 3.19. The van der Waals surface area contributed by atoms with Crippen molar-refractivity contribution in [3.8, 4) is 5.69 Å². The molecule has 0 aliphatic carbocycles. The molecule has 15 heavy (non-hydrogen) atoms. The molecule has 0 unspecified atom stereocenters. The number of para-hydroxylation sites is 1. The summed E-state index contributed by atoms with van der Waals surface area (Å²) in [5.41, 5.74) is 7.50. The van der Waals surface area contributed by atoms with E-state index in [0.29, 0.717) is 6.54 Å². The smallest absolute Gasteiger partial charge is 0.0645 e. The van der Waals surface area contributed by atoms with Crippen LogP contribution in [-0.4, -0.2) is 16.3 Å². The molecule has 1 aromatic heterocycles. The lowest BCUT2D eigenvalue weighted by molar-refractivity contribution is 0.880. The van der Waals surface area contributed by atoms with E-state index in [2.05, 4.69) is 5.10 Å². The van der Waals surface area contributed by atoms with E-state index in [0.717, 1.165) is 11.3 Å². The van der Waals surface area contributed by atoms with E-state index in [4.69, 9.17) is 5.73 Å². The zero-order valence-electron chi connectivity index (χ0n) is 8.38. The van der Waals surface area contributed by atoms with Gasteiger partial charge in [-0.15, -0.1) is 0 Å². The molecule has 3 heteroatoms. The van der Waals surface area contributed by atoms with Gasteiger partial charge in [-0.3, -0.25) is 0 Å². The molecule has 3 nitrogen and oxygen atoms in total. The van der Waals surface area contributed by atoms with Crippen LogP contribution in [0, 0.1) is 0 Å². The lowest BCUT2D eigenvalue weighted by Crippen LogP contribution is -1.92. The molecular weight excluding hydrogens is 186 g/mol. The zero-order valence-corrected chi connectivity index (χ0v) is 8.38. The van der Waals surface area contributed by atoms with Crippen molar-refractivity contribution in [3.05, 3.63) is 54.4 Å².